The minimum Gasteiger partial charge on any atom is -0.382 e. The lowest BCUT2D eigenvalue weighted by Gasteiger charge is -2.54. The van der Waals surface area contributed by atoms with E-state index < -0.39 is 0 Å². The minimum atomic E-state index is 0.137. The molecule has 3 aliphatic carbocycles. The Morgan fingerprint density at radius 2 is 1.97 bits per heavy atom. The molecule has 0 bridgehead atoms. The summed E-state index contributed by atoms with van der Waals surface area (Å²) in [4.78, 5) is 21.3. The highest BCUT2D eigenvalue weighted by molar-refractivity contribution is 6.24. The van der Waals surface area contributed by atoms with Crippen molar-refractivity contribution >= 4 is 24.0 Å². The lowest BCUT2D eigenvalue weighted by molar-refractivity contribution is -0.129. The van der Waals surface area contributed by atoms with Gasteiger partial charge in [0.05, 0.1) is 6.54 Å². The van der Waals surface area contributed by atoms with Gasteiger partial charge in [-0.2, -0.15) is 0 Å². The first-order valence-electron chi connectivity index (χ1n) is 12.6. The van der Waals surface area contributed by atoms with Gasteiger partial charge in [0.15, 0.2) is 11.6 Å². The summed E-state index contributed by atoms with van der Waals surface area (Å²) in [5, 5.41) is 10.9. The van der Waals surface area contributed by atoms with E-state index in [0.29, 0.717) is 18.0 Å². The van der Waals surface area contributed by atoms with Crippen LogP contribution in [-0.2, 0) is 4.79 Å². The largest absolute Gasteiger partial charge is 0.382 e. The molecule has 5 heteroatoms. The van der Waals surface area contributed by atoms with Crippen molar-refractivity contribution in [1.82, 2.24) is 5.32 Å². The molecular formula is C26H40N4O. The van der Waals surface area contributed by atoms with Crippen molar-refractivity contribution in [3.63, 3.8) is 0 Å². The summed E-state index contributed by atoms with van der Waals surface area (Å²) in [5.74, 6) is 4.93. The lowest BCUT2D eigenvalue weighted by Crippen LogP contribution is -2.48. The first kappa shape index (κ1) is 22.4. The summed E-state index contributed by atoms with van der Waals surface area (Å²) in [6.45, 7) is 7.49. The molecule has 0 aromatic heterocycles. The molecule has 4 rings (SSSR count). The van der Waals surface area contributed by atoms with E-state index in [9.17, 15) is 4.79 Å². The summed E-state index contributed by atoms with van der Waals surface area (Å²) in [7, 11) is 0. The molecule has 0 amide bonds. The fourth-order valence-electron chi connectivity index (χ4n) is 7.88. The van der Waals surface area contributed by atoms with E-state index in [2.05, 4.69) is 36.1 Å². The number of amidine groups is 1. The number of nitrogens with zero attached hydrogens (tertiary/aromatic N) is 2. The van der Waals surface area contributed by atoms with Crippen LogP contribution in [0, 0.1) is 46.3 Å². The van der Waals surface area contributed by atoms with Crippen LogP contribution in [0.4, 0.5) is 0 Å². The van der Waals surface area contributed by atoms with Crippen LogP contribution in [0.2, 0.25) is 0 Å². The molecule has 1 heterocycles. The Bertz CT molecular complexity index is 784. The highest BCUT2D eigenvalue weighted by Crippen LogP contribution is 2.63. The Morgan fingerprint density at radius 1 is 1.16 bits per heavy atom. The summed E-state index contributed by atoms with van der Waals surface area (Å²) in [5.41, 5.74) is 0.657. The summed E-state index contributed by atoms with van der Waals surface area (Å²) in [6.07, 6.45) is 16.4. The van der Waals surface area contributed by atoms with E-state index in [-0.39, 0.29) is 17.2 Å². The molecular weight excluding hydrogens is 384 g/mol. The Kier molecular flexibility index (Phi) is 6.78. The third-order valence-corrected chi connectivity index (χ3v) is 9.30. The Balaban J connectivity index is 1.41. The predicted molar refractivity (Wildman–Crippen MR) is 128 cm³/mol. The van der Waals surface area contributed by atoms with Gasteiger partial charge in [-0.25, -0.2) is 9.98 Å². The Hall–Kier alpha value is -1.78. The molecule has 0 aromatic carbocycles. The average Bonchev–Trinajstić information content (AvgIpc) is 3.13. The Labute approximate surface area is 187 Å². The third-order valence-electron chi connectivity index (χ3n) is 9.30. The molecule has 31 heavy (non-hydrogen) atoms. The van der Waals surface area contributed by atoms with Crippen molar-refractivity contribution in [3.8, 4) is 0 Å². The van der Waals surface area contributed by atoms with Crippen molar-refractivity contribution in [2.75, 3.05) is 6.54 Å². The molecule has 0 saturated heterocycles. The molecule has 5 nitrogen and oxygen atoms in total. The number of hydrogen-bond donors (Lipinski definition) is 2. The summed E-state index contributed by atoms with van der Waals surface area (Å²) < 4.78 is 0. The number of hydrogen-bond acceptors (Lipinski definition) is 4. The van der Waals surface area contributed by atoms with Gasteiger partial charge in [-0.15, -0.1) is 0 Å². The van der Waals surface area contributed by atoms with Crippen LogP contribution in [0.1, 0.15) is 78.6 Å². The number of aliphatic imine (C=N–C) groups is 2. The molecule has 7 atom stereocenters. The minimum absolute atomic E-state index is 0.137. The van der Waals surface area contributed by atoms with Gasteiger partial charge < -0.3 is 5.32 Å². The van der Waals surface area contributed by atoms with Gasteiger partial charge in [-0.1, -0.05) is 40.0 Å². The fraction of sp³-hybridized carbons (Fsp3) is 0.769. The molecule has 170 valence electrons. The molecule has 0 aromatic rings. The van der Waals surface area contributed by atoms with Gasteiger partial charge in [0.25, 0.3) is 0 Å². The first-order chi connectivity index (χ1) is 15.0. The molecule has 2 N–H and O–H groups in total. The van der Waals surface area contributed by atoms with Crippen LogP contribution < -0.4 is 5.32 Å². The summed E-state index contributed by atoms with van der Waals surface area (Å²) in [6, 6.07) is 0. The second kappa shape index (κ2) is 9.38. The Morgan fingerprint density at radius 3 is 2.71 bits per heavy atom. The number of nitrogens with one attached hydrogen (secondary N) is 2. The SMILES string of the molecule is CCCC1C(CC)CCC2C1CCC1(C)C(C(=O)CN/C=C3/N=CC=NC3=N)CCC21. The van der Waals surface area contributed by atoms with Crippen LogP contribution in [0.15, 0.2) is 21.9 Å². The fourth-order valence-corrected chi connectivity index (χ4v) is 7.88. The first-order valence-corrected chi connectivity index (χ1v) is 12.6. The number of carbonyl (C=O) groups is 1. The standard InChI is InChI=1S/C26H40N4O/c1-4-6-18-17(5-2)7-8-20-19(18)11-12-26(3)21(20)9-10-22(26)24(31)16-28-15-23-25(27)30-14-13-29-23/h13-15,17-22,27-28H,4-12,16H2,1-3H3/b23-15+,27-25?. The highest BCUT2D eigenvalue weighted by atomic mass is 16.1. The van der Waals surface area contributed by atoms with Crippen molar-refractivity contribution < 1.29 is 4.79 Å². The van der Waals surface area contributed by atoms with Crippen LogP contribution in [0.5, 0.6) is 0 Å². The number of fused-ring (bicyclic) bond motifs is 3. The molecule has 1 aliphatic heterocycles. The normalized spacial score (nSPS) is 40.6. The van der Waals surface area contributed by atoms with E-state index >= 15 is 0 Å². The van der Waals surface area contributed by atoms with Crippen molar-refractivity contribution in [3.05, 3.63) is 11.9 Å². The maximum absolute atomic E-state index is 13.2. The van der Waals surface area contributed by atoms with Crippen molar-refractivity contribution in [2.24, 2.45) is 50.9 Å². The average molecular weight is 425 g/mol. The second-order valence-corrected chi connectivity index (χ2v) is 10.6. The quantitative estimate of drug-likeness (QED) is 0.573. The zero-order valence-corrected chi connectivity index (χ0v) is 19.6. The van der Waals surface area contributed by atoms with Gasteiger partial charge in [-0.3, -0.25) is 10.2 Å². The molecule has 7 unspecified atom stereocenters. The number of rotatable bonds is 7. The van der Waals surface area contributed by atoms with Crippen LogP contribution >= 0.6 is 0 Å². The number of ketones is 1. The van der Waals surface area contributed by atoms with E-state index in [1.54, 1.807) is 12.4 Å². The maximum atomic E-state index is 13.2. The number of carbonyl (C=O) groups excluding carboxylic acids is 1. The molecule has 4 aliphatic rings. The van der Waals surface area contributed by atoms with Gasteiger partial charge in [0.1, 0.15) is 5.70 Å². The zero-order valence-electron chi connectivity index (χ0n) is 19.6. The maximum Gasteiger partial charge on any atom is 0.172 e. The summed E-state index contributed by atoms with van der Waals surface area (Å²) >= 11 is 0. The number of Topliss-reactive ketones (excluding diaryl/α,β-unsaturated/α-hetero) is 1. The van der Waals surface area contributed by atoms with Gasteiger partial charge in [0.2, 0.25) is 0 Å². The van der Waals surface area contributed by atoms with E-state index in [1.165, 1.54) is 57.6 Å². The van der Waals surface area contributed by atoms with E-state index in [4.69, 9.17) is 5.41 Å². The third kappa shape index (κ3) is 4.17. The lowest BCUT2D eigenvalue weighted by atomic mass is 9.50. The van der Waals surface area contributed by atoms with Crippen molar-refractivity contribution in [2.45, 2.75) is 78.6 Å². The molecule has 0 radical (unpaired) electrons. The zero-order chi connectivity index (χ0) is 22.0. The van der Waals surface area contributed by atoms with Crippen LogP contribution in [-0.4, -0.2) is 30.6 Å². The second-order valence-electron chi connectivity index (χ2n) is 10.6. The van der Waals surface area contributed by atoms with Gasteiger partial charge in [0, 0.05) is 24.5 Å². The smallest absolute Gasteiger partial charge is 0.172 e. The highest BCUT2D eigenvalue weighted by Gasteiger charge is 2.57. The predicted octanol–water partition coefficient (Wildman–Crippen LogP) is 5.41. The van der Waals surface area contributed by atoms with Crippen LogP contribution in [0.25, 0.3) is 0 Å². The van der Waals surface area contributed by atoms with Crippen LogP contribution in [0.3, 0.4) is 0 Å². The molecule has 3 fully saturated rings. The van der Waals surface area contributed by atoms with E-state index in [1.807, 2.05) is 0 Å². The van der Waals surface area contributed by atoms with Gasteiger partial charge >= 0.3 is 0 Å². The monoisotopic (exact) mass is 424 g/mol. The van der Waals surface area contributed by atoms with E-state index in [0.717, 1.165) is 36.0 Å². The van der Waals surface area contributed by atoms with Gasteiger partial charge in [-0.05, 0) is 73.5 Å². The van der Waals surface area contributed by atoms with Crippen molar-refractivity contribution in [1.29, 1.82) is 5.41 Å². The molecule has 3 saturated carbocycles. The molecule has 0 spiro atoms. The topological polar surface area (TPSA) is 77.7 Å².